The number of rotatable bonds is 2. The average Bonchev–Trinajstić information content (AvgIpc) is 1.87. The van der Waals surface area contributed by atoms with E-state index in [4.69, 9.17) is 10.2 Å². The molecule has 0 aromatic rings. The van der Waals surface area contributed by atoms with Crippen LogP contribution in [-0.2, 0) is 9.59 Å². The summed E-state index contributed by atoms with van der Waals surface area (Å²) in [6.45, 7) is 2.54. The molecule has 0 aromatic carbocycles. The molecule has 0 saturated heterocycles. The van der Waals surface area contributed by atoms with Gasteiger partial charge in [-0.1, -0.05) is 0 Å². The maximum absolute atomic E-state index is 10.6. The van der Waals surface area contributed by atoms with Gasteiger partial charge in [-0.2, -0.15) is 0 Å². The molecule has 0 radical (unpaired) electrons. The summed E-state index contributed by atoms with van der Waals surface area (Å²) in [5, 5.41) is 16.0. The predicted octanol–water partition coefficient (Wildman–Crippen LogP) is -0.466. The molecule has 2 unspecified atom stereocenters. The second-order valence-corrected chi connectivity index (χ2v) is 3.10. The molecule has 5 heteroatoms. The van der Waals surface area contributed by atoms with Crippen LogP contribution in [0, 0.1) is 0 Å². The summed E-state index contributed by atoms with van der Waals surface area (Å²) < 4.78 is 0. The van der Waals surface area contributed by atoms with E-state index in [2.05, 4.69) is 0 Å². The number of hydrogen-bond donors (Lipinski definition) is 2. The molecule has 2 atom stereocenters. The number of carbonyl (C=O) groups excluding carboxylic acids is 2. The van der Waals surface area contributed by atoms with Crippen molar-refractivity contribution in [1.29, 1.82) is 0 Å². The Morgan fingerprint density at radius 2 is 1.36 bits per heavy atom. The normalized spacial score (nSPS) is 15.6. The minimum Gasteiger partial charge on any atom is -0.385 e. The molecule has 64 valence electrons. The summed E-state index contributed by atoms with van der Waals surface area (Å²) >= 11 is 0.338. The molecule has 4 nitrogen and oxygen atoms in total. The molecule has 0 spiro atoms. The van der Waals surface area contributed by atoms with Gasteiger partial charge in [0.1, 0.15) is 12.2 Å². The molecular weight excluding hydrogens is 168 g/mol. The summed E-state index contributed by atoms with van der Waals surface area (Å²) in [6.07, 6.45) is -2.33. The van der Waals surface area contributed by atoms with Crippen LogP contribution in [0.25, 0.3) is 0 Å². The molecule has 0 aliphatic carbocycles. The summed E-state index contributed by atoms with van der Waals surface area (Å²) in [4.78, 5) is 21.3. The van der Waals surface area contributed by atoms with E-state index in [-0.39, 0.29) is 0 Å². The van der Waals surface area contributed by atoms with Gasteiger partial charge in [-0.25, -0.2) is 0 Å². The first-order valence-corrected chi connectivity index (χ1v) is 3.88. The van der Waals surface area contributed by atoms with Crippen molar-refractivity contribution in [2.24, 2.45) is 0 Å². The monoisotopic (exact) mass is 178 g/mol. The van der Waals surface area contributed by atoms with Crippen molar-refractivity contribution in [2.75, 3.05) is 0 Å². The van der Waals surface area contributed by atoms with E-state index in [1.54, 1.807) is 0 Å². The molecule has 2 N–H and O–H groups in total. The highest BCUT2D eigenvalue weighted by molar-refractivity contribution is 8.26. The second kappa shape index (κ2) is 4.48. The van der Waals surface area contributed by atoms with Crippen LogP contribution < -0.4 is 0 Å². The minimum atomic E-state index is -1.16. The van der Waals surface area contributed by atoms with E-state index in [9.17, 15) is 9.59 Å². The highest BCUT2D eigenvalue weighted by Gasteiger charge is 2.18. The van der Waals surface area contributed by atoms with Crippen LogP contribution in [0.5, 0.6) is 0 Å². The van der Waals surface area contributed by atoms with E-state index in [1.165, 1.54) is 13.8 Å². The third kappa shape index (κ3) is 4.13. The Hall–Kier alpha value is -0.390. The number of aliphatic hydroxyl groups is 2. The molecule has 0 heterocycles. The van der Waals surface area contributed by atoms with Gasteiger partial charge in [0.2, 0.25) is 10.2 Å². The van der Waals surface area contributed by atoms with Gasteiger partial charge >= 0.3 is 0 Å². The Balaban J connectivity index is 3.86. The van der Waals surface area contributed by atoms with Crippen molar-refractivity contribution in [2.45, 2.75) is 26.1 Å². The third-order valence-corrected chi connectivity index (χ3v) is 1.97. The maximum atomic E-state index is 10.6. The number of aliphatic hydroxyl groups excluding tert-OH is 2. The Labute approximate surface area is 68.6 Å². The Kier molecular flexibility index (Phi) is 4.32. The van der Waals surface area contributed by atoms with Crippen LogP contribution in [0.2, 0.25) is 0 Å². The van der Waals surface area contributed by atoms with Crippen LogP contribution >= 0.6 is 11.8 Å². The second-order valence-electron chi connectivity index (χ2n) is 2.09. The van der Waals surface area contributed by atoms with Gasteiger partial charge in [0.05, 0.1) is 0 Å². The van der Waals surface area contributed by atoms with Crippen LogP contribution in [0.3, 0.4) is 0 Å². The van der Waals surface area contributed by atoms with Gasteiger partial charge in [0, 0.05) is 0 Å². The first-order chi connectivity index (χ1) is 4.95. The van der Waals surface area contributed by atoms with Crippen molar-refractivity contribution in [3.05, 3.63) is 0 Å². The topological polar surface area (TPSA) is 74.6 Å². The van der Waals surface area contributed by atoms with Crippen LogP contribution in [0.4, 0.5) is 0 Å². The van der Waals surface area contributed by atoms with E-state index in [0.29, 0.717) is 11.8 Å². The van der Waals surface area contributed by atoms with Crippen LogP contribution in [-0.4, -0.2) is 32.7 Å². The first-order valence-electron chi connectivity index (χ1n) is 3.06. The molecule has 0 fully saturated rings. The molecule has 0 amide bonds. The minimum absolute atomic E-state index is 0.338. The van der Waals surface area contributed by atoms with E-state index < -0.39 is 22.4 Å². The lowest BCUT2D eigenvalue weighted by atomic mass is 10.5. The predicted molar refractivity (Wildman–Crippen MR) is 41.0 cm³/mol. The molecule has 0 saturated carbocycles. The molecule has 0 aliphatic heterocycles. The molecule has 0 aliphatic rings. The molecule has 0 rings (SSSR count). The SMILES string of the molecule is CC(O)C(=O)SC(=O)C(C)O. The van der Waals surface area contributed by atoms with E-state index >= 15 is 0 Å². The molecule has 0 aromatic heterocycles. The Morgan fingerprint density at radius 3 is 1.55 bits per heavy atom. The molecule has 0 bridgehead atoms. The van der Waals surface area contributed by atoms with E-state index in [0.717, 1.165) is 0 Å². The van der Waals surface area contributed by atoms with Gasteiger partial charge in [0.15, 0.2) is 0 Å². The summed E-state index contributed by atoms with van der Waals surface area (Å²) in [6, 6.07) is 0. The van der Waals surface area contributed by atoms with Crippen molar-refractivity contribution in [3.8, 4) is 0 Å². The third-order valence-electron chi connectivity index (χ3n) is 0.883. The first kappa shape index (κ1) is 10.6. The Morgan fingerprint density at radius 1 is 1.09 bits per heavy atom. The van der Waals surface area contributed by atoms with Gasteiger partial charge in [-0.3, -0.25) is 9.59 Å². The fourth-order valence-electron chi connectivity index (χ4n) is 0.270. The fraction of sp³-hybridized carbons (Fsp3) is 0.667. The zero-order chi connectivity index (χ0) is 9.02. The Bertz CT molecular complexity index is 146. The summed E-state index contributed by atoms with van der Waals surface area (Å²) in [5.41, 5.74) is 0. The zero-order valence-corrected chi connectivity index (χ0v) is 7.09. The highest BCUT2D eigenvalue weighted by Crippen LogP contribution is 2.09. The van der Waals surface area contributed by atoms with E-state index in [1.807, 2.05) is 0 Å². The quantitative estimate of drug-likeness (QED) is 0.598. The van der Waals surface area contributed by atoms with Gasteiger partial charge in [0.25, 0.3) is 0 Å². The number of carbonyl (C=O) groups is 2. The lowest BCUT2D eigenvalue weighted by Crippen LogP contribution is -2.19. The van der Waals surface area contributed by atoms with Crippen molar-refractivity contribution in [1.82, 2.24) is 0 Å². The van der Waals surface area contributed by atoms with Crippen molar-refractivity contribution < 1.29 is 19.8 Å². The van der Waals surface area contributed by atoms with Crippen molar-refractivity contribution in [3.63, 3.8) is 0 Å². The summed E-state index contributed by atoms with van der Waals surface area (Å²) in [5.74, 6) is 0. The average molecular weight is 178 g/mol. The molecular formula is C6H10O4S. The smallest absolute Gasteiger partial charge is 0.224 e. The lowest BCUT2D eigenvalue weighted by molar-refractivity contribution is -0.120. The maximum Gasteiger partial charge on any atom is 0.224 e. The number of thioether (sulfide) groups is 1. The largest absolute Gasteiger partial charge is 0.385 e. The van der Waals surface area contributed by atoms with Gasteiger partial charge < -0.3 is 10.2 Å². The fourth-order valence-corrected chi connectivity index (χ4v) is 0.809. The van der Waals surface area contributed by atoms with Crippen LogP contribution in [0.1, 0.15) is 13.8 Å². The van der Waals surface area contributed by atoms with Crippen LogP contribution in [0.15, 0.2) is 0 Å². The summed E-state index contributed by atoms with van der Waals surface area (Å²) in [7, 11) is 0. The zero-order valence-electron chi connectivity index (χ0n) is 6.27. The van der Waals surface area contributed by atoms with Gasteiger partial charge in [-0.15, -0.1) is 0 Å². The highest BCUT2D eigenvalue weighted by atomic mass is 32.2. The van der Waals surface area contributed by atoms with Crippen molar-refractivity contribution >= 4 is 22.0 Å². The lowest BCUT2D eigenvalue weighted by Gasteiger charge is -2.02. The standard InChI is InChI=1S/C6H10O4S/c1-3(7)5(9)11-6(10)4(2)8/h3-4,7-8H,1-2H3. The molecule has 11 heavy (non-hydrogen) atoms. The number of hydrogen-bond acceptors (Lipinski definition) is 5. The van der Waals surface area contributed by atoms with Gasteiger partial charge in [-0.05, 0) is 25.6 Å².